The predicted octanol–water partition coefficient (Wildman–Crippen LogP) is 7.50. The molecule has 3 rings (SSSR count). The summed E-state index contributed by atoms with van der Waals surface area (Å²) in [5, 5.41) is 4.85. The molecule has 0 atom stereocenters. The molecule has 0 aliphatic rings. The Balaban J connectivity index is 1.49. The van der Waals surface area contributed by atoms with E-state index >= 15 is 0 Å². The molecule has 0 aliphatic heterocycles. The Bertz CT molecular complexity index is 1160. The van der Waals surface area contributed by atoms with E-state index in [9.17, 15) is 4.79 Å². The van der Waals surface area contributed by atoms with Crippen molar-refractivity contribution >= 4 is 35.3 Å². The van der Waals surface area contributed by atoms with E-state index < -0.39 is 0 Å². The standard InChI is InChI=1S/C27H30Cl2N2O3/c1-26(2,3)17-27(4,5)19-7-9-20(10-8-19)33-16-25(32)31-30-15-21-11-13-24(34-21)18-6-12-22(28)23(29)14-18/h6-15H,16-17H2,1-5H3,(H,31,32). The van der Waals surface area contributed by atoms with Crippen molar-refractivity contribution < 1.29 is 13.9 Å². The highest BCUT2D eigenvalue weighted by molar-refractivity contribution is 6.42. The number of hydrogen-bond donors (Lipinski definition) is 1. The molecule has 1 amide bonds. The van der Waals surface area contributed by atoms with Crippen LogP contribution in [0.4, 0.5) is 0 Å². The van der Waals surface area contributed by atoms with Crippen LogP contribution in [0.3, 0.4) is 0 Å². The quantitative estimate of drug-likeness (QED) is 0.257. The number of furan rings is 1. The average molecular weight is 501 g/mol. The first-order valence-corrected chi connectivity index (χ1v) is 11.8. The molecular formula is C27H30Cl2N2O3. The van der Waals surface area contributed by atoms with Crippen LogP contribution < -0.4 is 10.2 Å². The van der Waals surface area contributed by atoms with Crippen LogP contribution >= 0.6 is 23.2 Å². The molecule has 0 unspecified atom stereocenters. The number of hydrogen-bond acceptors (Lipinski definition) is 4. The van der Waals surface area contributed by atoms with E-state index in [0.717, 1.165) is 12.0 Å². The van der Waals surface area contributed by atoms with Crippen molar-refractivity contribution in [1.29, 1.82) is 0 Å². The van der Waals surface area contributed by atoms with Gasteiger partial charge in [-0.1, -0.05) is 70.0 Å². The summed E-state index contributed by atoms with van der Waals surface area (Å²) in [4.78, 5) is 12.1. The van der Waals surface area contributed by atoms with Crippen LogP contribution in [0.25, 0.3) is 11.3 Å². The zero-order chi connectivity index (χ0) is 24.9. The number of nitrogens with zero attached hydrogens (tertiary/aromatic N) is 1. The third-order valence-electron chi connectivity index (χ3n) is 5.19. The van der Waals surface area contributed by atoms with Gasteiger partial charge in [0.25, 0.3) is 5.91 Å². The Morgan fingerprint density at radius 3 is 2.35 bits per heavy atom. The smallest absolute Gasteiger partial charge is 0.277 e. The van der Waals surface area contributed by atoms with Gasteiger partial charge < -0.3 is 9.15 Å². The van der Waals surface area contributed by atoms with Crippen LogP contribution in [0.15, 0.2) is 64.1 Å². The zero-order valence-corrected chi connectivity index (χ0v) is 21.6. The van der Waals surface area contributed by atoms with Gasteiger partial charge in [-0.05, 0) is 65.3 Å². The first kappa shape index (κ1) is 25.9. The summed E-state index contributed by atoms with van der Waals surface area (Å²) in [5.74, 6) is 1.36. The fraction of sp³-hybridized carbons (Fsp3) is 0.333. The van der Waals surface area contributed by atoms with Gasteiger partial charge in [0.15, 0.2) is 6.61 Å². The lowest BCUT2D eigenvalue weighted by atomic mass is 9.72. The summed E-state index contributed by atoms with van der Waals surface area (Å²) in [6.45, 7) is 11.1. The van der Waals surface area contributed by atoms with E-state index in [1.807, 2.05) is 18.2 Å². The fourth-order valence-electron chi connectivity index (χ4n) is 4.01. The average Bonchev–Trinajstić information content (AvgIpc) is 3.22. The fourth-order valence-corrected chi connectivity index (χ4v) is 4.30. The lowest BCUT2D eigenvalue weighted by Crippen LogP contribution is -2.25. The van der Waals surface area contributed by atoms with E-state index in [-0.39, 0.29) is 23.3 Å². The van der Waals surface area contributed by atoms with Crippen molar-refractivity contribution in [2.45, 2.75) is 46.5 Å². The summed E-state index contributed by atoms with van der Waals surface area (Å²) in [6, 6.07) is 16.7. The minimum absolute atomic E-state index is 0.0500. The van der Waals surface area contributed by atoms with Crippen molar-refractivity contribution in [3.8, 4) is 17.1 Å². The summed E-state index contributed by atoms with van der Waals surface area (Å²) in [7, 11) is 0. The Morgan fingerprint density at radius 1 is 1.00 bits per heavy atom. The van der Waals surface area contributed by atoms with Crippen LogP contribution in [0.1, 0.15) is 52.4 Å². The first-order chi connectivity index (χ1) is 15.9. The van der Waals surface area contributed by atoms with Gasteiger partial charge in [-0.3, -0.25) is 4.79 Å². The molecule has 0 fully saturated rings. The molecule has 180 valence electrons. The summed E-state index contributed by atoms with van der Waals surface area (Å²) >= 11 is 12.0. The van der Waals surface area contributed by atoms with Gasteiger partial charge in [-0.25, -0.2) is 5.43 Å². The molecular weight excluding hydrogens is 471 g/mol. The van der Waals surface area contributed by atoms with Crippen molar-refractivity contribution in [3.63, 3.8) is 0 Å². The lowest BCUT2D eigenvalue weighted by molar-refractivity contribution is -0.123. The van der Waals surface area contributed by atoms with Crippen LogP contribution in [-0.2, 0) is 10.2 Å². The van der Waals surface area contributed by atoms with Crippen molar-refractivity contribution in [1.82, 2.24) is 5.43 Å². The number of carbonyl (C=O) groups excluding carboxylic acids is 1. The van der Waals surface area contributed by atoms with Crippen LogP contribution in [0.5, 0.6) is 5.75 Å². The maximum atomic E-state index is 12.1. The highest BCUT2D eigenvalue weighted by Crippen LogP contribution is 2.36. The van der Waals surface area contributed by atoms with E-state index in [1.54, 1.807) is 24.3 Å². The number of nitrogens with one attached hydrogen (secondary N) is 1. The molecule has 0 spiro atoms. The van der Waals surface area contributed by atoms with Crippen molar-refractivity contribution in [2.24, 2.45) is 10.5 Å². The van der Waals surface area contributed by atoms with Crippen LogP contribution in [-0.4, -0.2) is 18.7 Å². The maximum absolute atomic E-state index is 12.1. The number of ether oxygens (including phenoxy) is 1. The third-order valence-corrected chi connectivity index (χ3v) is 5.93. The molecule has 0 radical (unpaired) electrons. The van der Waals surface area contributed by atoms with Gasteiger partial charge >= 0.3 is 0 Å². The molecule has 0 aliphatic carbocycles. The third kappa shape index (κ3) is 7.37. The number of halogens is 2. The van der Waals surface area contributed by atoms with Crippen LogP contribution in [0, 0.1) is 5.41 Å². The Kier molecular flexibility index (Phi) is 8.11. The van der Waals surface area contributed by atoms with Gasteiger partial charge in [-0.2, -0.15) is 5.10 Å². The highest BCUT2D eigenvalue weighted by atomic mass is 35.5. The number of carbonyl (C=O) groups is 1. The highest BCUT2D eigenvalue weighted by Gasteiger charge is 2.27. The SMILES string of the molecule is CC(C)(C)CC(C)(C)c1ccc(OCC(=O)NN=Cc2ccc(-c3ccc(Cl)c(Cl)c3)o2)cc1. The zero-order valence-electron chi connectivity index (χ0n) is 20.1. The van der Waals surface area contributed by atoms with E-state index in [4.69, 9.17) is 32.4 Å². The second-order valence-corrected chi connectivity index (χ2v) is 10.9. The van der Waals surface area contributed by atoms with Gasteiger partial charge in [0.2, 0.25) is 0 Å². The molecule has 0 saturated carbocycles. The molecule has 2 aromatic carbocycles. The van der Waals surface area contributed by atoms with Crippen molar-refractivity contribution in [2.75, 3.05) is 6.61 Å². The van der Waals surface area contributed by atoms with E-state index in [0.29, 0.717) is 27.3 Å². The minimum Gasteiger partial charge on any atom is -0.484 e. The maximum Gasteiger partial charge on any atom is 0.277 e. The number of benzene rings is 2. The molecule has 1 aromatic heterocycles. The van der Waals surface area contributed by atoms with Gasteiger partial charge in [0.05, 0.1) is 16.3 Å². The second-order valence-electron chi connectivity index (χ2n) is 10.1. The summed E-state index contributed by atoms with van der Waals surface area (Å²) in [5.41, 5.74) is 4.75. The second kappa shape index (κ2) is 10.7. The molecule has 3 aromatic rings. The predicted molar refractivity (Wildman–Crippen MR) is 139 cm³/mol. The Labute approximate surface area is 211 Å². The Morgan fingerprint density at radius 2 is 1.71 bits per heavy atom. The number of amides is 1. The normalized spacial score (nSPS) is 12.2. The minimum atomic E-state index is -0.371. The number of rotatable bonds is 8. The summed E-state index contributed by atoms with van der Waals surface area (Å²) < 4.78 is 11.3. The van der Waals surface area contributed by atoms with Crippen molar-refractivity contribution in [3.05, 3.63) is 76.0 Å². The first-order valence-electron chi connectivity index (χ1n) is 11.0. The van der Waals surface area contributed by atoms with Gasteiger partial charge in [0.1, 0.15) is 17.3 Å². The number of hydrazone groups is 1. The molecule has 0 bridgehead atoms. The Hall–Kier alpha value is -2.76. The molecule has 1 N–H and O–H groups in total. The molecule has 1 heterocycles. The topological polar surface area (TPSA) is 63.8 Å². The van der Waals surface area contributed by atoms with E-state index in [1.165, 1.54) is 11.8 Å². The largest absolute Gasteiger partial charge is 0.484 e. The van der Waals surface area contributed by atoms with E-state index in [2.05, 4.69) is 57.3 Å². The van der Waals surface area contributed by atoms with Gasteiger partial charge in [0, 0.05) is 5.56 Å². The molecule has 7 heteroatoms. The van der Waals surface area contributed by atoms with Gasteiger partial charge in [-0.15, -0.1) is 0 Å². The molecule has 34 heavy (non-hydrogen) atoms. The molecule has 0 saturated heterocycles. The van der Waals surface area contributed by atoms with Crippen LogP contribution in [0.2, 0.25) is 10.0 Å². The summed E-state index contributed by atoms with van der Waals surface area (Å²) in [6.07, 6.45) is 2.48. The lowest BCUT2D eigenvalue weighted by Gasteiger charge is -2.33. The molecule has 5 nitrogen and oxygen atoms in total. The monoisotopic (exact) mass is 500 g/mol.